The fourth-order valence-electron chi connectivity index (χ4n) is 5.27. The molecule has 0 unspecified atom stereocenters. The van der Waals surface area contributed by atoms with Crippen molar-refractivity contribution in [2.24, 2.45) is 0 Å². The van der Waals surface area contributed by atoms with E-state index in [-0.39, 0.29) is 40.1 Å². The minimum atomic E-state index is -1.01. The van der Waals surface area contributed by atoms with Crippen LogP contribution in [0.4, 0.5) is 23.8 Å². The number of carbonyl (C=O) groups excluding carboxylic acids is 2. The molecule has 0 bridgehead atoms. The number of hydrogen-bond donors (Lipinski definition) is 2. The fraction of sp³-hybridized carbons (Fsp3) is 0.240. The maximum absolute atomic E-state index is 15.3. The number of tetrazole rings is 1. The number of imidazole rings is 1. The van der Waals surface area contributed by atoms with Gasteiger partial charge in [-0.15, -0.1) is 5.10 Å². The number of anilines is 1. The highest BCUT2D eigenvalue weighted by Gasteiger charge is 2.42. The zero-order valence-corrected chi connectivity index (χ0v) is 21.9. The Kier molecular flexibility index (Phi) is 6.65. The summed E-state index contributed by atoms with van der Waals surface area (Å²) in [5, 5.41) is 13.0. The van der Waals surface area contributed by atoms with E-state index in [4.69, 9.17) is 11.6 Å². The van der Waals surface area contributed by atoms with E-state index >= 15 is 13.2 Å². The molecule has 16 heteroatoms. The first-order valence-corrected chi connectivity index (χ1v) is 12.6. The molecule has 0 aliphatic carbocycles. The van der Waals surface area contributed by atoms with Crippen LogP contribution in [0.25, 0.3) is 22.5 Å². The third-order valence-corrected chi connectivity index (χ3v) is 7.34. The number of carbonyl (C=O) groups is 2. The SMILES string of the molecule is COC(=O)Nc1nccc(-c2nc([C@@H]3CC[C@@H]4CC(c5c(-n6cnnn6)ccc(Cl)c5F)=CC(=O)N43)[nH]c2F)c1F. The Balaban J connectivity index is 1.32. The van der Waals surface area contributed by atoms with E-state index in [0.29, 0.717) is 24.1 Å². The molecule has 1 saturated heterocycles. The number of amides is 2. The number of benzene rings is 1. The Bertz CT molecular complexity index is 1710. The highest BCUT2D eigenvalue weighted by molar-refractivity contribution is 6.31. The molecule has 0 radical (unpaired) electrons. The number of H-pyrrole nitrogens is 1. The predicted molar refractivity (Wildman–Crippen MR) is 137 cm³/mol. The van der Waals surface area contributed by atoms with Crippen LogP contribution < -0.4 is 5.32 Å². The fourth-order valence-corrected chi connectivity index (χ4v) is 5.43. The van der Waals surface area contributed by atoms with E-state index in [1.54, 1.807) is 11.0 Å². The molecule has 41 heavy (non-hydrogen) atoms. The van der Waals surface area contributed by atoms with Crippen LogP contribution >= 0.6 is 11.6 Å². The molecule has 1 fully saturated rings. The van der Waals surface area contributed by atoms with Crippen LogP contribution in [0.3, 0.4) is 0 Å². The summed E-state index contributed by atoms with van der Waals surface area (Å²) >= 11 is 6.07. The number of rotatable bonds is 5. The van der Waals surface area contributed by atoms with Crippen molar-refractivity contribution in [3.63, 3.8) is 0 Å². The van der Waals surface area contributed by atoms with Crippen LogP contribution in [-0.4, -0.2) is 65.2 Å². The van der Waals surface area contributed by atoms with Gasteiger partial charge in [0.15, 0.2) is 17.5 Å². The predicted octanol–water partition coefficient (Wildman–Crippen LogP) is 4.22. The summed E-state index contributed by atoms with van der Waals surface area (Å²) in [5.41, 5.74) is 0.246. The molecule has 3 aromatic heterocycles. The lowest BCUT2D eigenvalue weighted by Gasteiger charge is -2.33. The van der Waals surface area contributed by atoms with Crippen molar-refractivity contribution in [1.29, 1.82) is 0 Å². The summed E-state index contributed by atoms with van der Waals surface area (Å²) in [6.07, 6.45) is 4.07. The number of fused-ring (bicyclic) bond motifs is 1. The molecule has 2 aliphatic rings. The van der Waals surface area contributed by atoms with Gasteiger partial charge < -0.3 is 14.6 Å². The summed E-state index contributed by atoms with van der Waals surface area (Å²) < 4.78 is 51.2. The number of ether oxygens (including phenoxy) is 1. The molecule has 0 saturated carbocycles. The molecule has 6 rings (SSSR count). The van der Waals surface area contributed by atoms with Crippen LogP contribution in [0.5, 0.6) is 0 Å². The van der Waals surface area contributed by atoms with Crippen LogP contribution in [-0.2, 0) is 9.53 Å². The van der Waals surface area contributed by atoms with E-state index in [2.05, 4.69) is 40.5 Å². The lowest BCUT2D eigenvalue weighted by Crippen LogP contribution is -2.39. The van der Waals surface area contributed by atoms with Crippen molar-refractivity contribution in [2.75, 3.05) is 12.4 Å². The van der Waals surface area contributed by atoms with Crippen molar-refractivity contribution in [2.45, 2.75) is 31.3 Å². The van der Waals surface area contributed by atoms with Crippen LogP contribution in [0.15, 0.2) is 36.8 Å². The molecule has 12 nitrogen and oxygen atoms in total. The number of pyridine rings is 1. The minimum absolute atomic E-state index is 0.108. The maximum atomic E-state index is 15.3. The van der Waals surface area contributed by atoms with Crippen molar-refractivity contribution in [1.82, 2.24) is 40.1 Å². The van der Waals surface area contributed by atoms with E-state index in [9.17, 15) is 9.59 Å². The molecule has 2 N–H and O–H groups in total. The number of methoxy groups -OCH3 is 1. The number of aromatic nitrogens is 7. The van der Waals surface area contributed by atoms with Gasteiger partial charge in [0.25, 0.3) is 0 Å². The molecular formula is C25H19ClF3N9O3. The standard InChI is InChI=1S/C25H19ClF3N9O3/c1-41-25(40)34-24-19(27)13(6-7-30-24)21-22(29)33-23(32-21)16-4-2-12-8-11(9-17(39)38(12)16)18-15(37-10-31-35-36-37)5-3-14(26)20(18)28/h3,5-7,9-10,12,16H,2,4,8H2,1H3,(H,32,33)(H,30,34,40)/t12-,16+/m1/s1. The van der Waals surface area contributed by atoms with E-state index in [0.717, 1.165) is 7.11 Å². The molecular weight excluding hydrogens is 567 g/mol. The third kappa shape index (κ3) is 4.57. The first kappa shape index (κ1) is 26.4. The summed E-state index contributed by atoms with van der Waals surface area (Å²) in [7, 11) is 1.10. The number of aromatic amines is 1. The van der Waals surface area contributed by atoms with Crippen molar-refractivity contribution in [3.05, 3.63) is 70.8 Å². The van der Waals surface area contributed by atoms with E-state index in [1.807, 2.05) is 0 Å². The molecule has 2 amide bonds. The van der Waals surface area contributed by atoms with Crippen LogP contribution in [0, 0.1) is 17.6 Å². The number of halogens is 4. The van der Waals surface area contributed by atoms with Crippen molar-refractivity contribution in [3.8, 4) is 16.9 Å². The molecule has 0 spiro atoms. The van der Waals surface area contributed by atoms with Gasteiger partial charge in [-0.3, -0.25) is 10.1 Å². The Morgan fingerprint density at radius 3 is 2.78 bits per heavy atom. The number of nitrogens with zero attached hydrogens (tertiary/aromatic N) is 7. The molecule has 2 aliphatic heterocycles. The van der Waals surface area contributed by atoms with E-state index in [1.165, 1.54) is 35.4 Å². The Hall–Kier alpha value is -4.79. The minimum Gasteiger partial charge on any atom is -0.453 e. The van der Waals surface area contributed by atoms with Crippen LogP contribution in [0.2, 0.25) is 5.02 Å². The largest absolute Gasteiger partial charge is 0.453 e. The van der Waals surface area contributed by atoms with E-state index < -0.39 is 41.4 Å². The highest BCUT2D eigenvalue weighted by Crippen LogP contribution is 2.44. The topological polar surface area (TPSA) is 144 Å². The molecule has 2 atom stereocenters. The Morgan fingerprint density at radius 1 is 1.20 bits per heavy atom. The summed E-state index contributed by atoms with van der Waals surface area (Å²) in [4.78, 5) is 37.0. The zero-order chi connectivity index (χ0) is 28.8. The molecule has 5 heterocycles. The van der Waals surface area contributed by atoms with Gasteiger partial charge >= 0.3 is 6.09 Å². The normalized spacial score (nSPS) is 18.3. The molecule has 1 aromatic carbocycles. The second kappa shape index (κ2) is 10.3. The Labute approximate surface area is 234 Å². The summed E-state index contributed by atoms with van der Waals surface area (Å²) in [6.45, 7) is 0. The number of hydrogen-bond acceptors (Lipinski definition) is 8. The van der Waals surface area contributed by atoms with Gasteiger partial charge in [-0.2, -0.15) is 9.07 Å². The monoisotopic (exact) mass is 585 g/mol. The smallest absolute Gasteiger partial charge is 0.412 e. The van der Waals surface area contributed by atoms with Gasteiger partial charge in [0.05, 0.1) is 23.9 Å². The summed E-state index contributed by atoms with van der Waals surface area (Å²) in [6, 6.07) is 3.15. The lowest BCUT2D eigenvalue weighted by atomic mass is 9.92. The van der Waals surface area contributed by atoms with Crippen molar-refractivity contribution >= 4 is 35.0 Å². The van der Waals surface area contributed by atoms with Crippen LogP contribution in [0.1, 0.15) is 36.7 Å². The first-order chi connectivity index (χ1) is 19.8. The highest BCUT2D eigenvalue weighted by atomic mass is 35.5. The average molecular weight is 586 g/mol. The van der Waals surface area contributed by atoms with Gasteiger partial charge in [-0.25, -0.2) is 23.5 Å². The van der Waals surface area contributed by atoms with Gasteiger partial charge in [0, 0.05) is 29.4 Å². The Morgan fingerprint density at radius 2 is 2.02 bits per heavy atom. The van der Waals surface area contributed by atoms with Gasteiger partial charge in [0.2, 0.25) is 11.9 Å². The van der Waals surface area contributed by atoms with Gasteiger partial charge in [-0.05, 0) is 53.5 Å². The maximum Gasteiger partial charge on any atom is 0.412 e. The second-order valence-corrected chi connectivity index (χ2v) is 9.71. The molecule has 210 valence electrons. The van der Waals surface area contributed by atoms with Gasteiger partial charge in [0.1, 0.15) is 17.8 Å². The lowest BCUT2D eigenvalue weighted by molar-refractivity contribution is -0.129. The first-order valence-electron chi connectivity index (χ1n) is 12.3. The summed E-state index contributed by atoms with van der Waals surface area (Å²) in [5.74, 6) is -3.42. The quantitative estimate of drug-likeness (QED) is 0.354. The second-order valence-electron chi connectivity index (χ2n) is 9.30. The zero-order valence-electron chi connectivity index (χ0n) is 21.1. The molecule has 4 aromatic rings. The van der Waals surface area contributed by atoms with Gasteiger partial charge in [-0.1, -0.05) is 11.6 Å². The third-order valence-electron chi connectivity index (χ3n) is 7.04. The number of nitrogens with one attached hydrogen (secondary N) is 2. The average Bonchev–Trinajstić information content (AvgIpc) is 3.71. The van der Waals surface area contributed by atoms with Crippen molar-refractivity contribution < 1.29 is 27.5 Å².